The Morgan fingerprint density at radius 2 is 2.05 bits per heavy atom. The van der Waals surface area contributed by atoms with Gasteiger partial charge in [0, 0.05) is 36.4 Å². The molecule has 6 nitrogen and oxygen atoms in total. The zero-order valence-electron chi connectivity index (χ0n) is 12.4. The van der Waals surface area contributed by atoms with Gasteiger partial charge in [-0.25, -0.2) is 4.79 Å². The van der Waals surface area contributed by atoms with Crippen LogP contribution in [-0.2, 0) is 9.53 Å². The van der Waals surface area contributed by atoms with Crippen LogP contribution < -0.4 is 5.32 Å². The van der Waals surface area contributed by atoms with Crippen molar-refractivity contribution >= 4 is 11.9 Å². The molecule has 2 rings (SSSR count). The van der Waals surface area contributed by atoms with E-state index in [0.717, 1.165) is 0 Å². The number of amides is 1. The molecule has 2 atom stereocenters. The Labute approximate surface area is 123 Å². The summed E-state index contributed by atoms with van der Waals surface area (Å²) in [7, 11) is 0. The highest BCUT2D eigenvalue weighted by Gasteiger charge is 2.66. The van der Waals surface area contributed by atoms with Gasteiger partial charge < -0.3 is 15.2 Å². The molecule has 0 bridgehead atoms. The van der Waals surface area contributed by atoms with Crippen LogP contribution >= 0.6 is 0 Å². The minimum Gasteiger partial charge on any atom is -0.479 e. The minimum atomic E-state index is -1.31. The number of nitrogens with one attached hydrogen (secondary N) is 1. The molecule has 2 N–H and O–H groups in total. The van der Waals surface area contributed by atoms with Gasteiger partial charge in [-0.3, -0.25) is 9.78 Å². The number of hydrogen-bond acceptors (Lipinski definition) is 4. The molecule has 0 aliphatic heterocycles. The summed E-state index contributed by atoms with van der Waals surface area (Å²) in [6, 6.07) is 3.10. The fraction of sp³-hybridized carbons (Fsp3) is 0.533. The fourth-order valence-electron chi connectivity index (χ4n) is 2.81. The highest BCUT2D eigenvalue weighted by Crippen LogP contribution is 2.51. The Morgan fingerprint density at radius 3 is 2.52 bits per heavy atom. The monoisotopic (exact) mass is 292 g/mol. The third-order valence-corrected chi connectivity index (χ3v) is 4.40. The number of rotatable bonds is 5. The van der Waals surface area contributed by atoms with Gasteiger partial charge in [-0.15, -0.1) is 0 Å². The molecule has 1 heterocycles. The first-order valence-electron chi connectivity index (χ1n) is 6.92. The standard InChI is InChI=1S/C15H20N2O4/c1-4-21-11-9-15(13(19)20,14(11,2)3)17-12(18)10-5-7-16-8-6-10/h5-8,11H,4,9H2,1-3H3,(H,17,18)(H,19,20)/t11-,15+/m1/s1. The van der Waals surface area contributed by atoms with E-state index in [9.17, 15) is 14.7 Å². The summed E-state index contributed by atoms with van der Waals surface area (Å²) in [6.07, 6.45) is 3.07. The van der Waals surface area contributed by atoms with Crippen LogP contribution in [0.5, 0.6) is 0 Å². The molecule has 1 saturated carbocycles. The second-order valence-electron chi connectivity index (χ2n) is 5.77. The van der Waals surface area contributed by atoms with Gasteiger partial charge in [-0.1, -0.05) is 13.8 Å². The van der Waals surface area contributed by atoms with Crippen molar-refractivity contribution in [1.82, 2.24) is 10.3 Å². The highest BCUT2D eigenvalue weighted by atomic mass is 16.5. The minimum absolute atomic E-state index is 0.184. The third kappa shape index (κ3) is 2.40. The van der Waals surface area contributed by atoms with E-state index in [2.05, 4.69) is 10.3 Å². The van der Waals surface area contributed by atoms with Gasteiger partial charge >= 0.3 is 5.97 Å². The van der Waals surface area contributed by atoms with Crippen molar-refractivity contribution in [2.45, 2.75) is 38.8 Å². The predicted octanol–water partition coefficient (Wildman–Crippen LogP) is 1.47. The number of aromatic nitrogens is 1. The van der Waals surface area contributed by atoms with E-state index in [-0.39, 0.29) is 12.5 Å². The van der Waals surface area contributed by atoms with Crippen LogP contribution in [0.25, 0.3) is 0 Å². The SMILES string of the molecule is CCO[C@@H]1C[C@](NC(=O)c2ccncc2)(C(=O)O)C1(C)C. The Morgan fingerprint density at radius 1 is 1.43 bits per heavy atom. The van der Waals surface area contributed by atoms with Crippen molar-refractivity contribution in [3.63, 3.8) is 0 Å². The Kier molecular flexibility index (Phi) is 4.00. The maximum absolute atomic E-state index is 12.3. The summed E-state index contributed by atoms with van der Waals surface area (Å²) < 4.78 is 5.56. The van der Waals surface area contributed by atoms with Gasteiger partial charge in [0.2, 0.25) is 0 Å². The van der Waals surface area contributed by atoms with Gasteiger partial charge in [0.25, 0.3) is 5.91 Å². The third-order valence-electron chi connectivity index (χ3n) is 4.40. The van der Waals surface area contributed by atoms with Crippen molar-refractivity contribution in [1.29, 1.82) is 0 Å². The molecule has 0 spiro atoms. The van der Waals surface area contributed by atoms with Gasteiger partial charge in [-0.2, -0.15) is 0 Å². The zero-order valence-corrected chi connectivity index (χ0v) is 12.4. The number of carboxylic acids is 1. The van der Waals surface area contributed by atoms with Crippen LogP contribution in [0.3, 0.4) is 0 Å². The lowest BCUT2D eigenvalue weighted by Gasteiger charge is -2.58. The average molecular weight is 292 g/mol. The molecular weight excluding hydrogens is 272 g/mol. The molecule has 1 aromatic heterocycles. The van der Waals surface area contributed by atoms with E-state index in [1.165, 1.54) is 12.4 Å². The van der Waals surface area contributed by atoms with Gasteiger partial charge in [0.05, 0.1) is 6.10 Å². The van der Waals surface area contributed by atoms with E-state index in [1.54, 1.807) is 26.0 Å². The lowest BCUT2D eigenvalue weighted by molar-refractivity contribution is -0.190. The van der Waals surface area contributed by atoms with E-state index in [1.807, 2.05) is 6.92 Å². The topological polar surface area (TPSA) is 88.5 Å². The van der Waals surface area contributed by atoms with Crippen molar-refractivity contribution in [3.05, 3.63) is 30.1 Å². The van der Waals surface area contributed by atoms with Crippen molar-refractivity contribution < 1.29 is 19.4 Å². The molecule has 0 radical (unpaired) electrons. The Hall–Kier alpha value is -1.95. The molecule has 21 heavy (non-hydrogen) atoms. The van der Waals surface area contributed by atoms with Crippen LogP contribution in [0.2, 0.25) is 0 Å². The molecule has 6 heteroatoms. The molecule has 1 amide bonds. The molecule has 1 aliphatic carbocycles. The average Bonchev–Trinajstić information content (AvgIpc) is 2.46. The van der Waals surface area contributed by atoms with Crippen molar-refractivity contribution in [3.8, 4) is 0 Å². The normalized spacial score (nSPS) is 26.7. The first-order valence-corrected chi connectivity index (χ1v) is 6.92. The molecule has 1 aliphatic rings. The largest absolute Gasteiger partial charge is 0.479 e. The first kappa shape index (κ1) is 15.4. The maximum atomic E-state index is 12.3. The molecule has 0 saturated heterocycles. The van der Waals surface area contributed by atoms with Crippen LogP contribution in [0.1, 0.15) is 37.6 Å². The Bertz CT molecular complexity index is 544. The number of ether oxygens (including phenoxy) is 1. The molecule has 1 aromatic rings. The van der Waals surface area contributed by atoms with E-state index >= 15 is 0 Å². The zero-order chi connectivity index (χ0) is 15.7. The molecule has 1 fully saturated rings. The number of pyridine rings is 1. The van der Waals surface area contributed by atoms with E-state index < -0.39 is 22.8 Å². The van der Waals surface area contributed by atoms with Crippen LogP contribution in [0.15, 0.2) is 24.5 Å². The summed E-state index contributed by atoms with van der Waals surface area (Å²) in [5.74, 6) is -1.45. The second kappa shape index (κ2) is 5.44. The molecule has 114 valence electrons. The number of carbonyl (C=O) groups is 2. The molecular formula is C15H20N2O4. The summed E-state index contributed by atoms with van der Waals surface area (Å²) in [6.45, 7) is 5.99. The number of carboxylic acid groups (broad SMARTS) is 1. The van der Waals surface area contributed by atoms with E-state index in [4.69, 9.17) is 4.74 Å². The number of nitrogens with zero attached hydrogens (tertiary/aromatic N) is 1. The highest BCUT2D eigenvalue weighted by molar-refractivity contribution is 5.98. The summed E-state index contributed by atoms with van der Waals surface area (Å²) in [5.41, 5.74) is -1.61. The van der Waals surface area contributed by atoms with Crippen LogP contribution in [-0.4, -0.2) is 40.2 Å². The summed E-state index contributed by atoms with van der Waals surface area (Å²) in [4.78, 5) is 27.9. The van der Waals surface area contributed by atoms with Gasteiger partial charge in [0.15, 0.2) is 0 Å². The van der Waals surface area contributed by atoms with Crippen molar-refractivity contribution in [2.24, 2.45) is 5.41 Å². The predicted molar refractivity (Wildman–Crippen MR) is 75.9 cm³/mol. The van der Waals surface area contributed by atoms with E-state index in [0.29, 0.717) is 12.2 Å². The Balaban J connectivity index is 2.22. The smallest absolute Gasteiger partial charge is 0.330 e. The number of hydrogen-bond donors (Lipinski definition) is 2. The summed E-state index contributed by atoms with van der Waals surface area (Å²) >= 11 is 0. The first-order chi connectivity index (χ1) is 9.85. The number of carbonyl (C=O) groups excluding carboxylic acids is 1. The lowest BCUT2D eigenvalue weighted by Crippen LogP contribution is -2.76. The van der Waals surface area contributed by atoms with Gasteiger partial charge in [0.1, 0.15) is 5.54 Å². The van der Waals surface area contributed by atoms with Gasteiger partial charge in [-0.05, 0) is 19.1 Å². The van der Waals surface area contributed by atoms with Crippen LogP contribution in [0, 0.1) is 5.41 Å². The van der Waals surface area contributed by atoms with Crippen LogP contribution in [0.4, 0.5) is 0 Å². The molecule has 0 unspecified atom stereocenters. The lowest BCUT2D eigenvalue weighted by atomic mass is 9.54. The second-order valence-corrected chi connectivity index (χ2v) is 5.77. The summed E-state index contributed by atoms with van der Waals surface area (Å²) in [5, 5.41) is 12.3. The fourth-order valence-corrected chi connectivity index (χ4v) is 2.81. The molecule has 0 aromatic carbocycles. The number of aliphatic carboxylic acids is 1. The van der Waals surface area contributed by atoms with Crippen molar-refractivity contribution in [2.75, 3.05) is 6.61 Å². The maximum Gasteiger partial charge on any atom is 0.330 e. The quantitative estimate of drug-likeness (QED) is 0.858.